The fourth-order valence-electron chi connectivity index (χ4n) is 1.04. The molecule has 0 aliphatic carbocycles. The minimum atomic E-state index is -0.124. The highest BCUT2D eigenvalue weighted by atomic mass is 35.5. The first kappa shape index (κ1) is 11.7. The summed E-state index contributed by atoms with van der Waals surface area (Å²) in [5.74, 6) is -0.124. The van der Waals surface area contributed by atoms with Crippen LogP contribution in [0.5, 0.6) is 0 Å². The van der Waals surface area contributed by atoms with Crippen molar-refractivity contribution in [3.05, 3.63) is 47.5 Å². The molecule has 2 rings (SSSR count). The highest BCUT2D eigenvalue weighted by Gasteiger charge is 2.05. The van der Waals surface area contributed by atoms with Crippen molar-refractivity contribution < 1.29 is 4.79 Å². The molecule has 1 aromatic heterocycles. The standard InChI is InChI=1S/C10H8N2OS.ClH/c13-9(8-4-2-1-3-5-8)12-10-11-6-7-14-10;/h1-7H,(H,11,12,13);1H. The summed E-state index contributed by atoms with van der Waals surface area (Å²) in [5.41, 5.74) is 0.641. The molecule has 2 aromatic rings. The van der Waals surface area contributed by atoms with Gasteiger partial charge in [-0.2, -0.15) is 0 Å². The average Bonchev–Trinajstić information content (AvgIpc) is 2.72. The summed E-state index contributed by atoms with van der Waals surface area (Å²) in [5, 5.41) is 5.15. The zero-order chi connectivity index (χ0) is 9.80. The van der Waals surface area contributed by atoms with E-state index in [1.54, 1.807) is 18.3 Å². The van der Waals surface area contributed by atoms with Crippen molar-refractivity contribution in [2.75, 3.05) is 5.32 Å². The molecule has 0 saturated heterocycles. The van der Waals surface area contributed by atoms with Crippen molar-refractivity contribution in [1.82, 2.24) is 4.98 Å². The highest BCUT2D eigenvalue weighted by molar-refractivity contribution is 7.13. The van der Waals surface area contributed by atoms with Crippen molar-refractivity contribution in [2.45, 2.75) is 0 Å². The van der Waals surface area contributed by atoms with Crippen LogP contribution in [-0.2, 0) is 0 Å². The first-order valence-electron chi connectivity index (χ1n) is 4.12. The molecular weight excluding hydrogens is 232 g/mol. The van der Waals surface area contributed by atoms with E-state index in [0.717, 1.165) is 0 Å². The summed E-state index contributed by atoms with van der Waals surface area (Å²) in [6.45, 7) is 0. The van der Waals surface area contributed by atoms with Crippen LogP contribution < -0.4 is 5.32 Å². The van der Waals surface area contributed by atoms with Crippen molar-refractivity contribution in [3.63, 3.8) is 0 Å². The van der Waals surface area contributed by atoms with Gasteiger partial charge in [0.05, 0.1) is 0 Å². The number of nitrogens with one attached hydrogen (secondary N) is 1. The lowest BCUT2D eigenvalue weighted by Gasteiger charge is -1.99. The second-order valence-electron chi connectivity index (χ2n) is 2.66. The van der Waals surface area contributed by atoms with E-state index in [1.807, 2.05) is 23.6 Å². The normalized spacial score (nSPS) is 9.07. The summed E-state index contributed by atoms with van der Waals surface area (Å²) in [6.07, 6.45) is 1.66. The summed E-state index contributed by atoms with van der Waals surface area (Å²) in [7, 11) is 0. The van der Waals surface area contributed by atoms with Crippen molar-refractivity contribution >= 4 is 34.8 Å². The maximum Gasteiger partial charge on any atom is 0.257 e. The van der Waals surface area contributed by atoms with Gasteiger partial charge in [-0.1, -0.05) is 18.2 Å². The number of carbonyl (C=O) groups excluding carboxylic acids is 1. The lowest BCUT2D eigenvalue weighted by Crippen LogP contribution is -2.11. The molecule has 0 aliphatic heterocycles. The van der Waals surface area contributed by atoms with Gasteiger partial charge in [0.15, 0.2) is 5.13 Å². The van der Waals surface area contributed by atoms with Gasteiger partial charge in [-0.05, 0) is 12.1 Å². The van der Waals surface area contributed by atoms with Gasteiger partial charge in [-0.3, -0.25) is 10.1 Å². The Morgan fingerprint density at radius 3 is 2.60 bits per heavy atom. The molecule has 0 unspecified atom stereocenters. The van der Waals surface area contributed by atoms with Gasteiger partial charge >= 0.3 is 0 Å². The number of nitrogens with zero attached hydrogens (tertiary/aromatic N) is 1. The van der Waals surface area contributed by atoms with Crippen molar-refractivity contribution in [1.29, 1.82) is 0 Å². The molecule has 5 heteroatoms. The predicted molar refractivity (Wildman–Crippen MR) is 63.8 cm³/mol. The third kappa shape index (κ3) is 3.04. The van der Waals surface area contributed by atoms with E-state index < -0.39 is 0 Å². The Labute approximate surface area is 97.6 Å². The predicted octanol–water partition coefficient (Wildman–Crippen LogP) is 2.82. The van der Waals surface area contributed by atoms with Gasteiger partial charge in [-0.15, -0.1) is 23.7 Å². The van der Waals surface area contributed by atoms with Gasteiger partial charge in [0.2, 0.25) is 0 Å². The minimum absolute atomic E-state index is 0. The number of hydrogen-bond acceptors (Lipinski definition) is 3. The maximum absolute atomic E-state index is 11.6. The molecule has 78 valence electrons. The van der Waals surface area contributed by atoms with Crippen LogP contribution in [0, 0.1) is 0 Å². The Bertz CT molecular complexity index is 416. The van der Waals surface area contributed by atoms with E-state index in [9.17, 15) is 4.79 Å². The Kier molecular flexibility index (Phi) is 4.27. The van der Waals surface area contributed by atoms with Crippen molar-refractivity contribution in [3.8, 4) is 0 Å². The van der Waals surface area contributed by atoms with Gasteiger partial charge in [0.1, 0.15) is 0 Å². The fourth-order valence-corrected chi connectivity index (χ4v) is 1.57. The van der Waals surface area contributed by atoms with E-state index in [0.29, 0.717) is 10.7 Å². The van der Waals surface area contributed by atoms with Crippen LogP contribution in [-0.4, -0.2) is 10.9 Å². The molecule has 1 aromatic carbocycles. The maximum atomic E-state index is 11.6. The Morgan fingerprint density at radius 2 is 2.00 bits per heavy atom. The molecule has 1 N–H and O–H groups in total. The molecule has 1 heterocycles. The second-order valence-corrected chi connectivity index (χ2v) is 3.55. The molecular formula is C10H9ClN2OS. The largest absolute Gasteiger partial charge is 0.298 e. The number of amides is 1. The van der Waals surface area contributed by atoms with E-state index in [2.05, 4.69) is 10.3 Å². The number of benzene rings is 1. The second kappa shape index (κ2) is 5.48. The summed E-state index contributed by atoms with van der Waals surface area (Å²) in [4.78, 5) is 15.5. The molecule has 0 saturated carbocycles. The molecule has 0 radical (unpaired) electrons. The third-order valence-electron chi connectivity index (χ3n) is 1.69. The molecule has 0 spiro atoms. The van der Waals surface area contributed by atoms with E-state index in [-0.39, 0.29) is 18.3 Å². The SMILES string of the molecule is Cl.O=C(Nc1nccs1)c1ccccc1. The zero-order valence-electron chi connectivity index (χ0n) is 7.71. The summed E-state index contributed by atoms with van der Waals surface area (Å²) >= 11 is 1.40. The highest BCUT2D eigenvalue weighted by Crippen LogP contribution is 2.11. The average molecular weight is 241 g/mol. The Hall–Kier alpha value is -1.39. The lowest BCUT2D eigenvalue weighted by molar-refractivity contribution is 0.102. The van der Waals surface area contributed by atoms with Crippen LogP contribution in [0.25, 0.3) is 0 Å². The van der Waals surface area contributed by atoms with Crippen LogP contribution in [0.4, 0.5) is 5.13 Å². The smallest absolute Gasteiger partial charge is 0.257 e. The number of hydrogen-bond donors (Lipinski definition) is 1. The first-order chi connectivity index (χ1) is 6.86. The van der Waals surface area contributed by atoms with Crippen LogP contribution in [0.2, 0.25) is 0 Å². The Morgan fingerprint density at radius 1 is 1.27 bits per heavy atom. The fraction of sp³-hybridized carbons (Fsp3) is 0. The molecule has 0 aliphatic rings. The van der Waals surface area contributed by atoms with Crippen LogP contribution in [0.15, 0.2) is 41.9 Å². The lowest BCUT2D eigenvalue weighted by atomic mass is 10.2. The van der Waals surface area contributed by atoms with E-state index >= 15 is 0 Å². The zero-order valence-corrected chi connectivity index (χ0v) is 9.35. The third-order valence-corrected chi connectivity index (χ3v) is 2.38. The molecule has 0 bridgehead atoms. The van der Waals surface area contributed by atoms with Gasteiger partial charge in [0, 0.05) is 17.1 Å². The number of halogens is 1. The van der Waals surface area contributed by atoms with Crippen LogP contribution >= 0.6 is 23.7 Å². The summed E-state index contributed by atoms with van der Waals surface area (Å²) in [6, 6.07) is 9.07. The molecule has 1 amide bonds. The molecule has 15 heavy (non-hydrogen) atoms. The first-order valence-corrected chi connectivity index (χ1v) is 5.00. The number of aromatic nitrogens is 1. The van der Waals surface area contributed by atoms with Gasteiger partial charge in [0.25, 0.3) is 5.91 Å². The quantitative estimate of drug-likeness (QED) is 0.877. The van der Waals surface area contributed by atoms with E-state index in [4.69, 9.17) is 0 Å². The van der Waals surface area contributed by atoms with Gasteiger partial charge < -0.3 is 0 Å². The van der Waals surface area contributed by atoms with Crippen molar-refractivity contribution in [2.24, 2.45) is 0 Å². The van der Waals surface area contributed by atoms with Crippen LogP contribution in [0.1, 0.15) is 10.4 Å². The molecule has 0 atom stereocenters. The molecule has 0 fully saturated rings. The number of thiazole rings is 1. The molecule has 3 nitrogen and oxygen atoms in total. The minimum Gasteiger partial charge on any atom is -0.298 e. The van der Waals surface area contributed by atoms with Gasteiger partial charge in [-0.25, -0.2) is 4.98 Å². The Balaban J connectivity index is 0.00000112. The topological polar surface area (TPSA) is 42.0 Å². The van der Waals surface area contributed by atoms with Crippen LogP contribution in [0.3, 0.4) is 0 Å². The number of anilines is 1. The summed E-state index contributed by atoms with van der Waals surface area (Å²) < 4.78 is 0. The monoisotopic (exact) mass is 240 g/mol. The number of carbonyl (C=O) groups is 1. The number of rotatable bonds is 2. The van der Waals surface area contributed by atoms with E-state index in [1.165, 1.54) is 11.3 Å².